The second kappa shape index (κ2) is 8.01. The molecule has 0 radical (unpaired) electrons. The van der Waals surface area contributed by atoms with E-state index in [0.717, 1.165) is 44.6 Å². The minimum Gasteiger partial charge on any atom is -0.385 e. The number of rotatable bonds is 7. The summed E-state index contributed by atoms with van der Waals surface area (Å²) in [5.41, 5.74) is 1.09. The van der Waals surface area contributed by atoms with Gasteiger partial charge >= 0.3 is 0 Å². The normalized spacial score (nSPS) is 16.2. The molecule has 0 aliphatic carbocycles. The molecular formula is C14H23N3O3. The molecule has 0 unspecified atom stereocenters. The zero-order valence-electron chi connectivity index (χ0n) is 12.0. The zero-order chi connectivity index (χ0) is 14.2. The predicted molar refractivity (Wildman–Crippen MR) is 75.7 cm³/mol. The van der Waals surface area contributed by atoms with E-state index in [0.29, 0.717) is 24.8 Å². The van der Waals surface area contributed by atoms with Gasteiger partial charge in [-0.2, -0.15) is 5.10 Å². The summed E-state index contributed by atoms with van der Waals surface area (Å²) in [5.74, 6) is 1.08. The number of aromatic amines is 1. The highest BCUT2D eigenvalue weighted by Crippen LogP contribution is 2.26. The summed E-state index contributed by atoms with van der Waals surface area (Å²) < 4.78 is 10.3. The molecule has 0 saturated carbocycles. The fraction of sp³-hybridized carbons (Fsp3) is 0.714. The molecule has 1 aliphatic heterocycles. The minimum absolute atomic E-state index is 0.00568. The Kier molecular flexibility index (Phi) is 6.01. The van der Waals surface area contributed by atoms with Crippen LogP contribution in [0.3, 0.4) is 0 Å². The second-order valence-corrected chi connectivity index (χ2v) is 5.09. The number of amides is 1. The molecule has 1 aromatic heterocycles. The Bertz CT molecular complexity index is 414. The molecule has 1 saturated heterocycles. The molecule has 1 fully saturated rings. The maximum atomic E-state index is 11.7. The summed E-state index contributed by atoms with van der Waals surface area (Å²) >= 11 is 0. The van der Waals surface area contributed by atoms with Crippen molar-refractivity contribution in [3.8, 4) is 0 Å². The van der Waals surface area contributed by atoms with Crippen LogP contribution >= 0.6 is 0 Å². The van der Waals surface area contributed by atoms with Gasteiger partial charge < -0.3 is 14.8 Å². The smallest absolute Gasteiger partial charge is 0.225 e. The Balaban J connectivity index is 1.75. The number of anilines is 1. The van der Waals surface area contributed by atoms with Crippen LogP contribution in [0.4, 0.5) is 5.82 Å². The number of nitrogens with one attached hydrogen (secondary N) is 2. The molecule has 1 aliphatic rings. The fourth-order valence-electron chi connectivity index (χ4n) is 2.36. The summed E-state index contributed by atoms with van der Waals surface area (Å²) in [7, 11) is 1.67. The van der Waals surface area contributed by atoms with Crippen LogP contribution in [0.5, 0.6) is 0 Å². The van der Waals surface area contributed by atoms with E-state index in [1.165, 1.54) is 0 Å². The predicted octanol–water partition coefficient (Wildman–Crippen LogP) is 2.06. The quantitative estimate of drug-likeness (QED) is 0.750. The van der Waals surface area contributed by atoms with Gasteiger partial charge in [-0.25, -0.2) is 0 Å². The number of hydrogen-bond donors (Lipinski definition) is 2. The molecule has 6 heteroatoms. The molecule has 0 atom stereocenters. The van der Waals surface area contributed by atoms with E-state index in [1.807, 2.05) is 6.07 Å². The molecule has 20 heavy (non-hydrogen) atoms. The van der Waals surface area contributed by atoms with Crippen LogP contribution in [0.1, 0.15) is 43.7 Å². The summed E-state index contributed by atoms with van der Waals surface area (Å²) in [4.78, 5) is 11.7. The van der Waals surface area contributed by atoms with Crippen LogP contribution in [-0.2, 0) is 14.3 Å². The lowest BCUT2D eigenvalue weighted by atomic mass is 9.97. The molecule has 0 bridgehead atoms. The van der Waals surface area contributed by atoms with E-state index < -0.39 is 0 Å². The number of hydrogen-bond acceptors (Lipinski definition) is 4. The molecule has 2 N–H and O–H groups in total. The van der Waals surface area contributed by atoms with Crippen molar-refractivity contribution in [3.05, 3.63) is 11.8 Å². The van der Waals surface area contributed by atoms with Gasteiger partial charge in [0.25, 0.3) is 0 Å². The standard InChI is InChI=1S/C14H23N3O3/c1-19-7-3-2-4-14(18)15-13-10-12(16-17-13)11-5-8-20-9-6-11/h10-11H,2-9H2,1H3,(H2,15,16,17,18). The fourth-order valence-corrected chi connectivity index (χ4v) is 2.36. The van der Waals surface area contributed by atoms with Crippen LogP contribution in [0.2, 0.25) is 0 Å². The van der Waals surface area contributed by atoms with Crippen LogP contribution in [0, 0.1) is 0 Å². The van der Waals surface area contributed by atoms with E-state index in [9.17, 15) is 4.79 Å². The number of ether oxygens (including phenoxy) is 2. The first-order valence-corrected chi connectivity index (χ1v) is 7.21. The van der Waals surface area contributed by atoms with Crippen molar-refractivity contribution in [2.24, 2.45) is 0 Å². The Labute approximate surface area is 119 Å². The number of methoxy groups -OCH3 is 1. The van der Waals surface area contributed by atoms with Gasteiger partial charge in [-0.05, 0) is 25.7 Å². The van der Waals surface area contributed by atoms with Crippen molar-refractivity contribution >= 4 is 11.7 Å². The summed E-state index contributed by atoms with van der Waals surface area (Å²) in [5, 5.41) is 10.00. The molecule has 6 nitrogen and oxygen atoms in total. The molecule has 112 valence electrons. The summed E-state index contributed by atoms with van der Waals surface area (Å²) in [6.45, 7) is 2.29. The Morgan fingerprint density at radius 3 is 3.05 bits per heavy atom. The molecule has 2 heterocycles. The van der Waals surface area contributed by atoms with Gasteiger partial charge in [0.2, 0.25) is 5.91 Å². The molecule has 0 aromatic carbocycles. The highest BCUT2D eigenvalue weighted by Gasteiger charge is 2.18. The average molecular weight is 281 g/mol. The summed E-state index contributed by atoms with van der Waals surface area (Å²) in [6, 6.07) is 1.93. The van der Waals surface area contributed by atoms with Crippen LogP contribution in [-0.4, -0.2) is 43.0 Å². The van der Waals surface area contributed by atoms with E-state index in [4.69, 9.17) is 9.47 Å². The van der Waals surface area contributed by atoms with Crippen molar-refractivity contribution in [2.75, 3.05) is 32.2 Å². The molecule has 1 amide bonds. The first-order valence-electron chi connectivity index (χ1n) is 7.21. The lowest BCUT2D eigenvalue weighted by Crippen LogP contribution is -2.14. The van der Waals surface area contributed by atoms with Gasteiger partial charge in [0.05, 0.1) is 0 Å². The molecular weight excluding hydrogens is 258 g/mol. The topological polar surface area (TPSA) is 76.2 Å². The number of carbonyl (C=O) groups excluding carboxylic acids is 1. The first kappa shape index (κ1) is 15.0. The third-order valence-electron chi connectivity index (χ3n) is 3.53. The van der Waals surface area contributed by atoms with Gasteiger partial charge in [0, 0.05) is 51.0 Å². The Morgan fingerprint density at radius 1 is 1.50 bits per heavy atom. The molecule has 0 spiro atoms. The maximum Gasteiger partial charge on any atom is 0.225 e. The van der Waals surface area contributed by atoms with Crippen molar-refractivity contribution in [1.82, 2.24) is 10.2 Å². The van der Waals surface area contributed by atoms with Gasteiger partial charge in [-0.3, -0.25) is 9.89 Å². The van der Waals surface area contributed by atoms with Crippen molar-refractivity contribution in [1.29, 1.82) is 0 Å². The Morgan fingerprint density at radius 2 is 2.30 bits per heavy atom. The van der Waals surface area contributed by atoms with E-state index >= 15 is 0 Å². The Hall–Kier alpha value is -1.40. The number of nitrogens with zero attached hydrogens (tertiary/aromatic N) is 1. The monoisotopic (exact) mass is 281 g/mol. The number of carbonyl (C=O) groups is 1. The van der Waals surface area contributed by atoms with Gasteiger partial charge in [-0.1, -0.05) is 0 Å². The lowest BCUT2D eigenvalue weighted by molar-refractivity contribution is -0.116. The van der Waals surface area contributed by atoms with Crippen LogP contribution < -0.4 is 5.32 Å². The first-order chi connectivity index (χ1) is 9.79. The van der Waals surface area contributed by atoms with Gasteiger partial charge in [0.15, 0.2) is 5.82 Å². The van der Waals surface area contributed by atoms with E-state index in [1.54, 1.807) is 7.11 Å². The van der Waals surface area contributed by atoms with E-state index in [2.05, 4.69) is 15.5 Å². The van der Waals surface area contributed by atoms with Gasteiger partial charge in [-0.15, -0.1) is 0 Å². The largest absolute Gasteiger partial charge is 0.385 e. The van der Waals surface area contributed by atoms with Crippen LogP contribution in [0.25, 0.3) is 0 Å². The number of unbranched alkanes of at least 4 members (excludes halogenated alkanes) is 1. The highest BCUT2D eigenvalue weighted by molar-refractivity contribution is 5.89. The third-order valence-corrected chi connectivity index (χ3v) is 3.53. The SMILES string of the molecule is COCCCCC(=O)Nc1cc(C2CCOCC2)[nH]n1. The molecule has 2 rings (SSSR count). The van der Waals surface area contributed by atoms with Crippen molar-refractivity contribution < 1.29 is 14.3 Å². The van der Waals surface area contributed by atoms with Crippen molar-refractivity contribution in [3.63, 3.8) is 0 Å². The lowest BCUT2D eigenvalue weighted by Gasteiger charge is -2.20. The average Bonchev–Trinajstić information content (AvgIpc) is 2.93. The molecule has 1 aromatic rings. The van der Waals surface area contributed by atoms with Crippen molar-refractivity contribution in [2.45, 2.75) is 38.0 Å². The van der Waals surface area contributed by atoms with Gasteiger partial charge in [0.1, 0.15) is 0 Å². The van der Waals surface area contributed by atoms with Crippen LogP contribution in [0.15, 0.2) is 6.07 Å². The summed E-state index contributed by atoms with van der Waals surface area (Å²) in [6.07, 6.45) is 4.25. The highest BCUT2D eigenvalue weighted by atomic mass is 16.5. The zero-order valence-corrected chi connectivity index (χ0v) is 12.0. The second-order valence-electron chi connectivity index (χ2n) is 5.09. The maximum absolute atomic E-state index is 11.7. The van der Waals surface area contributed by atoms with E-state index in [-0.39, 0.29) is 5.91 Å². The minimum atomic E-state index is 0.00568. The number of aromatic nitrogens is 2. The number of H-pyrrole nitrogens is 1. The third kappa shape index (κ3) is 4.61.